The van der Waals surface area contributed by atoms with E-state index in [-0.39, 0.29) is 11.9 Å². The van der Waals surface area contributed by atoms with Crippen LogP contribution in [0.4, 0.5) is 11.5 Å². The Labute approximate surface area is 96.2 Å². The molecule has 4 N–H and O–H groups in total. The molecule has 1 unspecified atom stereocenters. The quantitative estimate of drug-likeness (QED) is 0.654. The first-order valence-corrected chi connectivity index (χ1v) is 6.18. The minimum absolute atomic E-state index is 0.186. The van der Waals surface area contributed by atoms with Crippen molar-refractivity contribution in [1.29, 1.82) is 0 Å². The maximum absolute atomic E-state index is 11.6. The van der Waals surface area contributed by atoms with Gasteiger partial charge in [0.2, 0.25) is 0 Å². The molecule has 0 spiro atoms. The van der Waals surface area contributed by atoms with Crippen LogP contribution in [0.3, 0.4) is 0 Å². The number of anilines is 2. The van der Waals surface area contributed by atoms with Gasteiger partial charge in [0.15, 0.2) is 0 Å². The second kappa shape index (κ2) is 4.25. The number of aromatic amines is 1. The van der Waals surface area contributed by atoms with Crippen molar-refractivity contribution >= 4 is 23.3 Å². The van der Waals surface area contributed by atoms with Gasteiger partial charge in [0.05, 0.1) is 0 Å². The Balaban J connectivity index is 2.36. The van der Waals surface area contributed by atoms with Gasteiger partial charge in [-0.15, -0.1) is 0 Å². The molecular weight excluding hydrogens is 228 g/mol. The number of nitrogens with zero attached hydrogens (tertiary/aromatic N) is 1. The lowest BCUT2D eigenvalue weighted by atomic mass is 10.2. The molecule has 2 heterocycles. The summed E-state index contributed by atoms with van der Waals surface area (Å²) >= 11 is 1.84. The lowest BCUT2D eigenvalue weighted by Crippen LogP contribution is -2.34. The average Bonchev–Trinajstić information content (AvgIpc) is 2.74. The van der Waals surface area contributed by atoms with Crippen LogP contribution in [-0.2, 0) is 7.05 Å². The highest BCUT2D eigenvalue weighted by Gasteiger charge is 2.18. The molecule has 0 amide bonds. The molecule has 1 aliphatic heterocycles. The largest absolute Gasteiger partial charge is 0.383 e. The van der Waals surface area contributed by atoms with Crippen molar-refractivity contribution in [2.24, 2.45) is 7.05 Å². The maximum atomic E-state index is 11.6. The number of nitrogens with two attached hydrogens (primary N) is 1. The Hall–Kier alpha value is -1.37. The first-order valence-electron chi connectivity index (χ1n) is 5.02. The summed E-state index contributed by atoms with van der Waals surface area (Å²) in [6.07, 6.45) is 1.01. The predicted molar refractivity (Wildman–Crippen MR) is 66.1 cm³/mol. The van der Waals surface area contributed by atoms with Crippen molar-refractivity contribution in [2.45, 2.75) is 12.5 Å². The van der Waals surface area contributed by atoms with Gasteiger partial charge >= 0.3 is 5.69 Å². The highest BCUT2D eigenvalue weighted by Crippen LogP contribution is 2.21. The highest BCUT2D eigenvalue weighted by molar-refractivity contribution is 7.99. The van der Waals surface area contributed by atoms with E-state index in [0.29, 0.717) is 5.69 Å². The zero-order chi connectivity index (χ0) is 11.7. The molecule has 1 saturated heterocycles. The second-order valence-electron chi connectivity index (χ2n) is 3.78. The molecule has 0 aliphatic carbocycles. The van der Waals surface area contributed by atoms with E-state index in [0.717, 1.165) is 17.9 Å². The molecule has 1 fully saturated rings. The van der Waals surface area contributed by atoms with Gasteiger partial charge in [0.1, 0.15) is 11.5 Å². The Bertz CT molecular complexity index is 501. The Morgan fingerprint density at radius 1 is 1.56 bits per heavy atom. The molecule has 1 atom stereocenters. The molecule has 0 radical (unpaired) electrons. The number of hydrogen-bond donors (Lipinski definition) is 3. The predicted octanol–water partition coefficient (Wildman–Crippen LogP) is -0.427. The molecule has 88 valence electrons. The average molecular weight is 242 g/mol. The van der Waals surface area contributed by atoms with Gasteiger partial charge in [-0.3, -0.25) is 14.3 Å². The lowest BCUT2D eigenvalue weighted by molar-refractivity contribution is 0.782. The molecule has 1 aliphatic rings. The molecule has 1 aromatic rings. The van der Waals surface area contributed by atoms with E-state index in [1.807, 2.05) is 11.8 Å². The normalized spacial score (nSPS) is 19.9. The van der Waals surface area contributed by atoms with Crippen LogP contribution in [0.1, 0.15) is 6.42 Å². The van der Waals surface area contributed by atoms with E-state index in [9.17, 15) is 9.59 Å². The Kier molecular flexibility index (Phi) is 2.95. The van der Waals surface area contributed by atoms with E-state index in [1.165, 1.54) is 11.6 Å². The molecule has 7 heteroatoms. The third-order valence-corrected chi connectivity index (χ3v) is 3.81. The highest BCUT2D eigenvalue weighted by atomic mass is 32.2. The number of hydrogen-bond acceptors (Lipinski definition) is 5. The van der Waals surface area contributed by atoms with Gasteiger partial charge in [-0.1, -0.05) is 0 Å². The summed E-state index contributed by atoms with van der Waals surface area (Å²) < 4.78 is 1.23. The molecule has 0 bridgehead atoms. The summed E-state index contributed by atoms with van der Waals surface area (Å²) in [6, 6.07) is 0.255. The number of nitrogen functional groups attached to an aromatic ring is 1. The lowest BCUT2D eigenvalue weighted by Gasteiger charge is -2.14. The van der Waals surface area contributed by atoms with Crippen LogP contribution in [0.5, 0.6) is 0 Å². The van der Waals surface area contributed by atoms with Crippen molar-refractivity contribution in [1.82, 2.24) is 9.55 Å². The van der Waals surface area contributed by atoms with E-state index < -0.39 is 11.2 Å². The summed E-state index contributed by atoms with van der Waals surface area (Å²) in [6.45, 7) is 0. The summed E-state index contributed by atoms with van der Waals surface area (Å²) in [7, 11) is 1.53. The van der Waals surface area contributed by atoms with Gasteiger partial charge in [-0.2, -0.15) is 11.8 Å². The topological polar surface area (TPSA) is 92.9 Å². The second-order valence-corrected chi connectivity index (χ2v) is 4.93. The zero-order valence-corrected chi connectivity index (χ0v) is 9.76. The molecule has 2 rings (SSSR count). The first kappa shape index (κ1) is 11.1. The van der Waals surface area contributed by atoms with Gasteiger partial charge < -0.3 is 11.1 Å². The number of H-pyrrole nitrogens is 1. The van der Waals surface area contributed by atoms with Crippen molar-refractivity contribution in [3.05, 3.63) is 20.8 Å². The molecular formula is C9H14N4O2S. The van der Waals surface area contributed by atoms with Gasteiger partial charge in [0.25, 0.3) is 5.56 Å². The SMILES string of the molecule is Cn1c(N)c(NC2CCSC2)c(=O)[nH]c1=O. The summed E-state index contributed by atoms with van der Waals surface area (Å²) in [5, 5.41) is 3.10. The summed E-state index contributed by atoms with van der Waals surface area (Å²) in [4.78, 5) is 25.1. The standard InChI is InChI=1S/C9H14N4O2S/c1-13-7(10)6(8(14)12-9(13)15)11-5-2-3-16-4-5/h5,11H,2-4,10H2,1H3,(H,12,14,15). The van der Waals surface area contributed by atoms with Crippen LogP contribution in [0.15, 0.2) is 9.59 Å². The fourth-order valence-corrected chi connectivity index (χ4v) is 2.78. The fourth-order valence-electron chi connectivity index (χ4n) is 1.63. The number of thioether (sulfide) groups is 1. The van der Waals surface area contributed by atoms with Gasteiger partial charge in [-0.25, -0.2) is 4.79 Å². The third-order valence-electron chi connectivity index (χ3n) is 2.65. The van der Waals surface area contributed by atoms with Gasteiger partial charge in [0, 0.05) is 18.8 Å². The molecule has 0 aromatic carbocycles. The third kappa shape index (κ3) is 1.95. The van der Waals surface area contributed by atoms with E-state index in [1.54, 1.807) is 0 Å². The van der Waals surface area contributed by atoms with Crippen LogP contribution in [-0.4, -0.2) is 27.1 Å². The van der Waals surface area contributed by atoms with Crippen molar-refractivity contribution in [3.63, 3.8) is 0 Å². The minimum atomic E-state index is -0.492. The fraction of sp³-hybridized carbons (Fsp3) is 0.556. The minimum Gasteiger partial charge on any atom is -0.383 e. The molecule has 16 heavy (non-hydrogen) atoms. The summed E-state index contributed by atoms with van der Waals surface area (Å²) in [5.74, 6) is 2.23. The van der Waals surface area contributed by atoms with Crippen molar-refractivity contribution < 1.29 is 0 Å². The number of aromatic nitrogens is 2. The molecule has 6 nitrogen and oxygen atoms in total. The van der Waals surface area contributed by atoms with Gasteiger partial charge in [-0.05, 0) is 12.2 Å². The Morgan fingerprint density at radius 3 is 2.94 bits per heavy atom. The van der Waals surface area contributed by atoms with Crippen LogP contribution >= 0.6 is 11.8 Å². The zero-order valence-electron chi connectivity index (χ0n) is 8.95. The molecule has 1 aromatic heterocycles. The van der Waals surface area contributed by atoms with Crippen molar-refractivity contribution in [3.8, 4) is 0 Å². The van der Waals surface area contributed by atoms with Crippen molar-refractivity contribution in [2.75, 3.05) is 22.6 Å². The maximum Gasteiger partial charge on any atom is 0.329 e. The monoisotopic (exact) mass is 242 g/mol. The summed E-state index contributed by atoms with van der Waals surface area (Å²) in [5.41, 5.74) is 5.10. The Morgan fingerprint density at radius 2 is 2.31 bits per heavy atom. The van der Waals surface area contributed by atoms with E-state index >= 15 is 0 Å². The smallest absolute Gasteiger partial charge is 0.329 e. The van der Waals surface area contributed by atoms with Crippen LogP contribution in [0, 0.1) is 0 Å². The number of rotatable bonds is 2. The first-order chi connectivity index (χ1) is 7.59. The van der Waals surface area contributed by atoms with Crippen LogP contribution in [0.2, 0.25) is 0 Å². The molecule has 0 saturated carbocycles. The van der Waals surface area contributed by atoms with E-state index in [4.69, 9.17) is 5.73 Å². The van der Waals surface area contributed by atoms with Crippen LogP contribution in [0.25, 0.3) is 0 Å². The number of nitrogens with one attached hydrogen (secondary N) is 2. The van der Waals surface area contributed by atoms with E-state index in [2.05, 4.69) is 10.3 Å². The van der Waals surface area contributed by atoms with Crippen LogP contribution < -0.4 is 22.3 Å².